The van der Waals surface area contributed by atoms with E-state index in [1.54, 1.807) is 18.3 Å². The van der Waals surface area contributed by atoms with Gasteiger partial charge in [0.2, 0.25) is 0 Å². The van der Waals surface area contributed by atoms with Crippen molar-refractivity contribution >= 4 is 63.0 Å². The van der Waals surface area contributed by atoms with Crippen molar-refractivity contribution in [2.45, 2.75) is 19.9 Å². The maximum Gasteiger partial charge on any atom is 0.137 e. The standard InChI is InChI=1S/C39H34N4Si/c1-28-22-23-40-39(24-28)43-35-17-8-7-16-33(35)34-21-20-32(26-38(34)43)44(2,3)31-15-11-14-30(25-31)42-27-41(29-12-5-4-6-13-29)36-18-9-10-19-37(36)42/h4-26H,27H2,1-3H3/i1D3. The van der Waals surface area contributed by atoms with Crippen LogP contribution in [-0.2, 0) is 0 Å². The maximum absolute atomic E-state index is 8.00. The number of rotatable bonds is 5. The molecule has 44 heavy (non-hydrogen) atoms. The third kappa shape index (κ3) is 4.23. The lowest BCUT2D eigenvalue weighted by molar-refractivity contribution is 0.991. The zero-order valence-electron chi connectivity index (χ0n) is 27.8. The molecule has 0 saturated heterocycles. The predicted octanol–water partition coefficient (Wildman–Crippen LogP) is 8.56. The molecule has 1 aliphatic rings. The second kappa shape index (κ2) is 10.2. The van der Waals surface area contributed by atoms with E-state index < -0.39 is 14.9 Å². The fourth-order valence-electron chi connectivity index (χ4n) is 6.64. The van der Waals surface area contributed by atoms with Crippen molar-refractivity contribution in [3.63, 3.8) is 0 Å². The van der Waals surface area contributed by atoms with Gasteiger partial charge in [0.05, 0.1) is 22.4 Å². The van der Waals surface area contributed by atoms with E-state index in [1.807, 2.05) is 12.1 Å². The summed E-state index contributed by atoms with van der Waals surface area (Å²) in [6.07, 6.45) is 1.60. The molecule has 0 spiro atoms. The van der Waals surface area contributed by atoms with Gasteiger partial charge in [-0.2, -0.15) is 0 Å². The second-order valence-corrected chi connectivity index (χ2v) is 16.4. The van der Waals surface area contributed by atoms with Crippen molar-refractivity contribution in [2.75, 3.05) is 16.5 Å². The third-order valence-electron chi connectivity index (χ3n) is 9.06. The van der Waals surface area contributed by atoms with E-state index in [0.717, 1.165) is 28.5 Å². The Morgan fingerprint density at radius 2 is 1.30 bits per heavy atom. The smallest absolute Gasteiger partial charge is 0.137 e. The molecular weight excluding hydrogens is 553 g/mol. The molecule has 0 atom stereocenters. The molecule has 3 heterocycles. The van der Waals surface area contributed by atoms with Crippen LogP contribution in [0.5, 0.6) is 0 Å². The highest BCUT2D eigenvalue weighted by Gasteiger charge is 2.31. The van der Waals surface area contributed by atoms with E-state index in [9.17, 15) is 0 Å². The first-order valence-electron chi connectivity index (χ1n) is 16.5. The molecule has 0 unspecified atom stereocenters. The van der Waals surface area contributed by atoms with E-state index in [1.165, 1.54) is 33.1 Å². The van der Waals surface area contributed by atoms with Crippen LogP contribution in [0, 0.1) is 6.85 Å². The molecule has 5 aromatic carbocycles. The van der Waals surface area contributed by atoms with Gasteiger partial charge >= 0.3 is 0 Å². The Kier molecular flexibility index (Phi) is 5.44. The largest absolute Gasteiger partial charge is 0.321 e. The normalized spacial score (nSPS) is 14.5. The molecule has 0 amide bonds. The highest BCUT2D eigenvalue weighted by atomic mass is 28.3. The average molecular weight is 590 g/mol. The minimum atomic E-state index is -2.21. The first-order chi connectivity index (χ1) is 22.7. The fourth-order valence-corrected chi connectivity index (χ4v) is 8.99. The molecule has 0 radical (unpaired) electrons. The van der Waals surface area contributed by atoms with Gasteiger partial charge in [-0.1, -0.05) is 96.3 Å². The zero-order valence-corrected chi connectivity index (χ0v) is 25.8. The molecule has 4 nitrogen and oxygen atoms in total. The Morgan fingerprint density at radius 3 is 2.11 bits per heavy atom. The minimum absolute atomic E-state index is 0.283. The van der Waals surface area contributed by atoms with Gasteiger partial charge in [-0.3, -0.25) is 4.57 Å². The molecule has 0 N–H and O–H groups in total. The van der Waals surface area contributed by atoms with Crippen LogP contribution in [0.3, 0.4) is 0 Å². The number of anilines is 4. The number of nitrogens with zero attached hydrogens (tertiary/aromatic N) is 4. The number of fused-ring (bicyclic) bond motifs is 4. The molecule has 1 aliphatic heterocycles. The summed E-state index contributed by atoms with van der Waals surface area (Å²) in [5, 5.41) is 4.88. The molecule has 7 aromatic rings. The lowest BCUT2D eigenvalue weighted by atomic mass is 10.1. The number of hydrogen-bond donors (Lipinski definition) is 0. The highest BCUT2D eigenvalue weighted by molar-refractivity contribution is 7.00. The lowest BCUT2D eigenvalue weighted by Crippen LogP contribution is -2.53. The van der Waals surface area contributed by atoms with Crippen LogP contribution in [0.2, 0.25) is 13.1 Å². The summed E-state index contributed by atoms with van der Waals surface area (Å²) >= 11 is 0. The summed E-state index contributed by atoms with van der Waals surface area (Å²) in [4.78, 5) is 9.43. The van der Waals surface area contributed by atoms with Gasteiger partial charge in [0.1, 0.15) is 20.6 Å². The van der Waals surface area contributed by atoms with Crippen LogP contribution in [0.4, 0.5) is 22.7 Å². The summed E-state index contributed by atoms with van der Waals surface area (Å²) in [5.41, 5.74) is 7.08. The first kappa shape index (κ1) is 23.3. The Hall–Kier alpha value is -5.13. The van der Waals surface area contributed by atoms with Crippen molar-refractivity contribution in [1.82, 2.24) is 9.55 Å². The maximum atomic E-state index is 8.00. The summed E-state index contributed by atoms with van der Waals surface area (Å²) in [6, 6.07) is 46.6. The topological polar surface area (TPSA) is 24.3 Å². The quantitative estimate of drug-likeness (QED) is 0.188. The Bertz CT molecular complexity index is 2280. The SMILES string of the molecule is [2H]C([2H])([2H])c1ccnc(-n2c3ccccc3c3ccc([Si](C)(C)c4cccc(N5CN(c6ccccc6)c6ccccc65)c4)cc32)c1. The van der Waals surface area contributed by atoms with Crippen molar-refractivity contribution in [3.05, 3.63) is 145 Å². The second-order valence-electron chi connectivity index (χ2n) is 12.0. The van der Waals surface area contributed by atoms with Crippen molar-refractivity contribution in [2.24, 2.45) is 0 Å². The number of aryl methyl sites for hydroxylation is 1. The monoisotopic (exact) mass is 589 g/mol. The summed E-state index contributed by atoms with van der Waals surface area (Å²) in [7, 11) is -2.21. The summed E-state index contributed by atoms with van der Waals surface area (Å²) in [5.74, 6) is 0.610. The Labute approximate surface area is 263 Å². The first-order valence-corrected chi connectivity index (χ1v) is 18.0. The van der Waals surface area contributed by atoms with E-state index in [-0.39, 0.29) is 5.56 Å². The van der Waals surface area contributed by atoms with E-state index >= 15 is 0 Å². The van der Waals surface area contributed by atoms with E-state index in [0.29, 0.717) is 5.82 Å². The van der Waals surface area contributed by atoms with Crippen LogP contribution in [0.15, 0.2) is 140 Å². The molecule has 0 fully saturated rings. The summed E-state index contributed by atoms with van der Waals surface area (Å²) < 4.78 is 26.1. The number of aromatic nitrogens is 2. The zero-order chi connectivity index (χ0) is 32.3. The molecule has 8 rings (SSSR count). The molecular formula is C39H34N4Si. The Balaban J connectivity index is 1.22. The molecule has 214 valence electrons. The van der Waals surface area contributed by atoms with Crippen molar-refractivity contribution in [1.29, 1.82) is 0 Å². The lowest BCUT2D eigenvalue weighted by Gasteiger charge is -2.27. The Morgan fingerprint density at radius 1 is 0.614 bits per heavy atom. The summed E-state index contributed by atoms with van der Waals surface area (Å²) in [6.45, 7) is 3.34. The van der Waals surface area contributed by atoms with Crippen molar-refractivity contribution in [3.8, 4) is 5.82 Å². The van der Waals surface area contributed by atoms with Gasteiger partial charge in [-0.05, 0) is 73.1 Å². The molecule has 0 saturated carbocycles. The van der Waals surface area contributed by atoms with E-state index in [4.69, 9.17) is 4.11 Å². The van der Waals surface area contributed by atoms with Gasteiger partial charge in [-0.25, -0.2) is 4.98 Å². The number of para-hydroxylation sites is 4. The van der Waals surface area contributed by atoms with Gasteiger partial charge < -0.3 is 9.80 Å². The molecule has 5 heteroatoms. The minimum Gasteiger partial charge on any atom is -0.321 e. The van der Waals surface area contributed by atoms with Gasteiger partial charge in [0, 0.05) is 32.5 Å². The number of pyridine rings is 1. The average Bonchev–Trinajstić information content (AvgIpc) is 3.65. The van der Waals surface area contributed by atoms with E-state index in [2.05, 4.69) is 142 Å². The van der Waals surface area contributed by atoms with Gasteiger partial charge in [0.15, 0.2) is 0 Å². The third-order valence-corrected chi connectivity index (χ3v) is 12.6. The number of hydrogen-bond acceptors (Lipinski definition) is 3. The fraction of sp³-hybridized carbons (Fsp3) is 0.103. The molecule has 0 aliphatic carbocycles. The molecule has 2 aromatic heterocycles. The predicted molar refractivity (Wildman–Crippen MR) is 189 cm³/mol. The van der Waals surface area contributed by atoms with Crippen LogP contribution in [-0.4, -0.2) is 24.3 Å². The van der Waals surface area contributed by atoms with Crippen LogP contribution < -0.4 is 20.2 Å². The van der Waals surface area contributed by atoms with Crippen LogP contribution in [0.1, 0.15) is 9.68 Å². The van der Waals surface area contributed by atoms with Crippen LogP contribution in [0.25, 0.3) is 27.6 Å². The highest BCUT2D eigenvalue weighted by Crippen LogP contribution is 2.43. The van der Waals surface area contributed by atoms with Crippen LogP contribution >= 0.6 is 0 Å². The molecule has 0 bridgehead atoms. The van der Waals surface area contributed by atoms with Crippen molar-refractivity contribution < 1.29 is 4.11 Å². The number of benzene rings is 5. The van der Waals surface area contributed by atoms with Gasteiger partial charge in [-0.15, -0.1) is 0 Å². The van der Waals surface area contributed by atoms with Gasteiger partial charge in [0.25, 0.3) is 0 Å².